The van der Waals surface area contributed by atoms with E-state index in [0.29, 0.717) is 5.82 Å². The lowest BCUT2D eigenvalue weighted by Gasteiger charge is -2.25. The second-order valence-corrected chi connectivity index (χ2v) is 9.33. The Balaban J connectivity index is 1.65. The van der Waals surface area contributed by atoms with Gasteiger partial charge in [0.25, 0.3) is 0 Å². The van der Waals surface area contributed by atoms with E-state index in [0.717, 1.165) is 54.1 Å². The third-order valence-corrected chi connectivity index (χ3v) is 5.40. The molecule has 0 atom stereocenters. The SMILES string of the molecule is CN1C=C(c2ccnc(-c3nc4c(c(N(C)CC(=O)NC(C)(C)C)n3)CCC4)c2)CN1. The van der Waals surface area contributed by atoms with Crippen molar-refractivity contribution in [1.29, 1.82) is 0 Å². The van der Waals surface area contributed by atoms with Gasteiger partial charge < -0.3 is 15.2 Å². The number of aromatic nitrogens is 3. The highest BCUT2D eigenvalue weighted by molar-refractivity contribution is 5.82. The van der Waals surface area contributed by atoms with Gasteiger partial charge in [-0.3, -0.25) is 9.78 Å². The fraction of sp³-hybridized carbons (Fsp3) is 0.478. The molecule has 0 aromatic carbocycles. The first-order valence-corrected chi connectivity index (χ1v) is 10.8. The summed E-state index contributed by atoms with van der Waals surface area (Å²) in [7, 11) is 3.90. The summed E-state index contributed by atoms with van der Waals surface area (Å²) in [5.74, 6) is 1.42. The summed E-state index contributed by atoms with van der Waals surface area (Å²) in [5.41, 5.74) is 8.26. The number of pyridine rings is 1. The number of rotatable bonds is 5. The normalized spacial score (nSPS) is 15.6. The Morgan fingerprint density at radius 2 is 2.10 bits per heavy atom. The number of aryl methyl sites for hydroxylation is 1. The van der Waals surface area contributed by atoms with Crippen LogP contribution in [0.2, 0.25) is 0 Å². The van der Waals surface area contributed by atoms with Crippen molar-refractivity contribution >= 4 is 17.3 Å². The highest BCUT2D eigenvalue weighted by Crippen LogP contribution is 2.31. The van der Waals surface area contributed by atoms with Gasteiger partial charge in [-0.25, -0.2) is 15.4 Å². The fourth-order valence-corrected chi connectivity index (χ4v) is 4.06. The van der Waals surface area contributed by atoms with Crippen molar-refractivity contribution in [3.63, 3.8) is 0 Å². The summed E-state index contributed by atoms with van der Waals surface area (Å²) < 4.78 is 0. The highest BCUT2D eigenvalue weighted by atomic mass is 16.2. The van der Waals surface area contributed by atoms with Gasteiger partial charge in [-0.05, 0) is 63.3 Å². The minimum absolute atomic E-state index is 0.0215. The van der Waals surface area contributed by atoms with Gasteiger partial charge >= 0.3 is 0 Å². The van der Waals surface area contributed by atoms with Crippen molar-refractivity contribution in [3.8, 4) is 11.5 Å². The minimum atomic E-state index is -0.265. The van der Waals surface area contributed by atoms with E-state index in [1.807, 2.05) is 56.9 Å². The van der Waals surface area contributed by atoms with E-state index in [4.69, 9.17) is 9.97 Å². The maximum Gasteiger partial charge on any atom is 0.239 e. The summed E-state index contributed by atoms with van der Waals surface area (Å²) in [5, 5.41) is 4.98. The maximum atomic E-state index is 12.5. The van der Waals surface area contributed by atoms with Crippen molar-refractivity contribution in [2.24, 2.45) is 0 Å². The monoisotopic (exact) mass is 421 g/mol. The quantitative estimate of drug-likeness (QED) is 0.765. The topological polar surface area (TPSA) is 86.3 Å². The number of nitrogens with one attached hydrogen (secondary N) is 2. The molecule has 8 nitrogen and oxygen atoms in total. The molecule has 8 heteroatoms. The van der Waals surface area contributed by atoms with Crippen molar-refractivity contribution in [2.75, 3.05) is 32.1 Å². The number of amides is 1. The standard InChI is InChI=1S/C23H31N7O/c1-23(2,3)28-20(31)14-29(4)22-17-7-6-8-18(17)26-21(27-22)19-11-15(9-10-24-19)16-12-25-30(5)13-16/h9-11,13,25H,6-8,12,14H2,1-5H3,(H,28,31). The molecular formula is C23H31N7O. The van der Waals surface area contributed by atoms with Crippen molar-refractivity contribution in [1.82, 2.24) is 30.7 Å². The van der Waals surface area contributed by atoms with Crippen LogP contribution in [-0.2, 0) is 17.6 Å². The Kier molecular flexibility index (Phi) is 5.66. The molecule has 0 saturated heterocycles. The number of hydrazine groups is 1. The van der Waals surface area contributed by atoms with E-state index in [1.165, 1.54) is 5.57 Å². The van der Waals surface area contributed by atoms with Gasteiger partial charge in [0, 0.05) is 49.8 Å². The molecule has 1 aliphatic heterocycles. The molecule has 31 heavy (non-hydrogen) atoms. The van der Waals surface area contributed by atoms with E-state index >= 15 is 0 Å². The number of hydrogen-bond acceptors (Lipinski definition) is 7. The third kappa shape index (κ3) is 4.85. The Labute approximate surface area is 183 Å². The molecule has 3 heterocycles. The van der Waals surface area contributed by atoms with E-state index in [2.05, 4.69) is 21.9 Å². The van der Waals surface area contributed by atoms with Gasteiger partial charge in [-0.2, -0.15) is 0 Å². The van der Waals surface area contributed by atoms with Crippen LogP contribution in [0.1, 0.15) is 44.0 Å². The molecule has 2 aromatic heterocycles. The van der Waals surface area contributed by atoms with Gasteiger partial charge in [-0.15, -0.1) is 0 Å². The first kappa shape index (κ1) is 21.2. The molecule has 1 amide bonds. The van der Waals surface area contributed by atoms with Crippen LogP contribution >= 0.6 is 0 Å². The number of nitrogens with zero attached hydrogens (tertiary/aromatic N) is 5. The van der Waals surface area contributed by atoms with Crippen LogP contribution in [0.5, 0.6) is 0 Å². The average Bonchev–Trinajstić information content (AvgIpc) is 3.34. The largest absolute Gasteiger partial charge is 0.350 e. The second kappa shape index (κ2) is 8.26. The van der Waals surface area contributed by atoms with Gasteiger partial charge in [0.15, 0.2) is 5.82 Å². The van der Waals surface area contributed by atoms with Crippen LogP contribution in [0.3, 0.4) is 0 Å². The maximum absolute atomic E-state index is 12.5. The second-order valence-electron chi connectivity index (χ2n) is 9.33. The predicted molar refractivity (Wildman–Crippen MR) is 122 cm³/mol. The molecule has 4 rings (SSSR count). The molecule has 0 fully saturated rings. The molecule has 0 radical (unpaired) electrons. The first-order chi connectivity index (χ1) is 14.7. The zero-order valence-corrected chi connectivity index (χ0v) is 19.0. The molecule has 0 bridgehead atoms. The molecule has 0 spiro atoms. The van der Waals surface area contributed by atoms with Crippen LogP contribution in [0.4, 0.5) is 5.82 Å². The number of hydrogen-bond donors (Lipinski definition) is 2. The number of carbonyl (C=O) groups excluding carboxylic acids is 1. The molecule has 2 aromatic rings. The van der Waals surface area contributed by atoms with Gasteiger partial charge in [0.05, 0.1) is 6.54 Å². The molecule has 0 saturated carbocycles. The summed E-state index contributed by atoms with van der Waals surface area (Å²) in [6.45, 7) is 6.98. The molecule has 2 aliphatic rings. The summed E-state index contributed by atoms with van der Waals surface area (Å²) in [6, 6.07) is 4.05. The Morgan fingerprint density at radius 1 is 1.29 bits per heavy atom. The van der Waals surface area contributed by atoms with Gasteiger partial charge in [0.1, 0.15) is 11.5 Å². The Hall–Kier alpha value is -3.00. The lowest BCUT2D eigenvalue weighted by Crippen LogP contribution is -2.45. The summed E-state index contributed by atoms with van der Waals surface area (Å²) in [6.07, 6.45) is 6.81. The zero-order chi connectivity index (χ0) is 22.2. The van der Waals surface area contributed by atoms with E-state index in [-0.39, 0.29) is 18.0 Å². The smallest absolute Gasteiger partial charge is 0.239 e. The Morgan fingerprint density at radius 3 is 2.81 bits per heavy atom. The molecule has 0 unspecified atom stereocenters. The van der Waals surface area contributed by atoms with Crippen LogP contribution in [-0.4, -0.2) is 58.6 Å². The minimum Gasteiger partial charge on any atom is -0.350 e. The van der Waals surface area contributed by atoms with E-state index in [9.17, 15) is 4.79 Å². The number of fused-ring (bicyclic) bond motifs is 1. The van der Waals surface area contributed by atoms with E-state index in [1.54, 1.807) is 6.20 Å². The van der Waals surface area contributed by atoms with Crippen LogP contribution in [0, 0.1) is 0 Å². The highest BCUT2D eigenvalue weighted by Gasteiger charge is 2.24. The van der Waals surface area contributed by atoms with Gasteiger partial charge in [-0.1, -0.05) is 0 Å². The van der Waals surface area contributed by atoms with E-state index < -0.39 is 0 Å². The number of anilines is 1. The van der Waals surface area contributed by atoms with Gasteiger partial charge in [0.2, 0.25) is 5.91 Å². The Bertz CT molecular complexity index is 1030. The van der Waals surface area contributed by atoms with Crippen LogP contribution in [0.15, 0.2) is 24.5 Å². The summed E-state index contributed by atoms with van der Waals surface area (Å²) in [4.78, 5) is 28.7. The summed E-state index contributed by atoms with van der Waals surface area (Å²) >= 11 is 0. The van der Waals surface area contributed by atoms with Crippen LogP contribution in [0.25, 0.3) is 17.1 Å². The van der Waals surface area contributed by atoms with Crippen LogP contribution < -0.4 is 15.6 Å². The van der Waals surface area contributed by atoms with Crippen molar-refractivity contribution in [3.05, 3.63) is 41.4 Å². The predicted octanol–water partition coefficient (Wildman–Crippen LogP) is 2.17. The number of carbonyl (C=O) groups is 1. The lowest BCUT2D eigenvalue weighted by molar-refractivity contribution is -0.121. The van der Waals surface area contributed by atoms with Crippen molar-refractivity contribution < 1.29 is 4.79 Å². The zero-order valence-electron chi connectivity index (χ0n) is 19.0. The molecule has 2 N–H and O–H groups in total. The van der Waals surface area contributed by atoms with Crippen molar-refractivity contribution in [2.45, 2.75) is 45.6 Å². The fourth-order valence-electron chi connectivity index (χ4n) is 4.06. The third-order valence-electron chi connectivity index (χ3n) is 5.40. The molecule has 164 valence electrons. The molecule has 1 aliphatic carbocycles. The first-order valence-electron chi connectivity index (χ1n) is 10.8. The lowest BCUT2D eigenvalue weighted by atomic mass is 10.1. The average molecular weight is 422 g/mol. The molecular weight excluding hydrogens is 390 g/mol. The number of likely N-dealkylation sites (N-methyl/N-ethyl adjacent to an activating group) is 1.